The van der Waals surface area contributed by atoms with E-state index in [4.69, 9.17) is 4.74 Å². The lowest BCUT2D eigenvalue weighted by atomic mass is 9.79. The van der Waals surface area contributed by atoms with Gasteiger partial charge in [0.25, 0.3) is 0 Å². The van der Waals surface area contributed by atoms with E-state index in [0.717, 1.165) is 25.7 Å². The summed E-state index contributed by atoms with van der Waals surface area (Å²) in [5, 5.41) is 3.28. The molecule has 0 radical (unpaired) electrons. The summed E-state index contributed by atoms with van der Waals surface area (Å²) in [7, 11) is 0. The molecule has 0 rings (SSSR count). The van der Waals surface area contributed by atoms with Crippen molar-refractivity contribution in [1.29, 1.82) is 0 Å². The summed E-state index contributed by atoms with van der Waals surface area (Å²) < 4.78 is 6.58. The lowest BCUT2D eigenvalue weighted by Gasteiger charge is -2.44. The molecule has 0 aliphatic heterocycles. The minimum absolute atomic E-state index is 0.128. The lowest BCUT2D eigenvalue weighted by Crippen LogP contribution is -2.53. The summed E-state index contributed by atoms with van der Waals surface area (Å²) >= 11 is 0. The fraction of sp³-hybridized carbons (Fsp3) is 0.958. The van der Waals surface area contributed by atoms with Gasteiger partial charge in [0, 0.05) is 11.0 Å². The molecule has 0 aliphatic carbocycles. The third-order valence-corrected chi connectivity index (χ3v) is 5.27. The Kier molecular flexibility index (Phi) is 8.66. The molecule has 0 bridgehead atoms. The second-order valence-electron chi connectivity index (χ2n) is 12.3. The van der Waals surface area contributed by atoms with Gasteiger partial charge >= 0.3 is 0 Å². The number of nitrogens with one attached hydrogen (secondary N) is 1. The van der Waals surface area contributed by atoms with Gasteiger partial charge < -0.3 is 10.1 Å². The highest BCUT2D eigenvalue weighted by molar-refractivity contribution is 5.82. The number of rotatable bonds is 11. The SMILES string of the molecule is CCC(C)(C)CC(C)(C)OC(C)(C)CC(C)(C)NC(=O)C(C)(C)CC(C)C. The molecule has 0 aromatic rings. The van der Waals surface area contributed by atoms with Gasteiger partial charge in [-0.1, -0.05) is 54.9 Å². The van der Waals surface area contributed by atoms with Crippen LogP contribution in [-0.2, 0) is 9.53 Å². The van der Waals surface area contributed by atoms with Crippen molar-refractivity contribution in [3.8, 4) is 0 Å². The van der Waals surface area contributed by atoms with E-state index in [0.29, 0.717) is 5.92 Å². The molecule has 3 heteroatoms. The van der Waals surface area contributed by atoms with Crippen LogP contribution in [0.5, 0.6) is 0 Å². The molecule has 0 saturated heterocycles. The monoisotopic (exact) mass is 383 g/mol. The van der Waals surface area contributed by atoms with Crippen LogP contribution in [0.15, 0.2) is 0 Å². The summed E-state index contributed by atoms with van der Waals surface area (Å²) in [6.07, 6.45) is 3.79. The molecule has 0 saturated carbocycles. The second-order valence-corrected chi connectivity index (χ2v) is 12.3. The van der Waals surface area contributed by atoms with Crippen LogP contribution in [0, 0.1) is 16.7 Å². The zero-order valence-electron chi connectivity index (χ0n) is 20.7. The Balaban J connectivity index is 5.07. The summed E-state index contributed by atoms with van der Waals surface area (Å²) in [6.45, 7) is 28.1. The normalized spacial score (nSPS) is 14.6. The highest BCUT2D eigenvalue weighted by Gasteiger charge is 2.39. The maximum atomic E-state index is 12.9. The molecule has 27 heavy (non-hydrogen) atoms. The second kappa shape index (κ2) is 8.84. The molecule has 1 amide bonds. The fourth-order valence-corrected chi connectivity index (χ4v) is 4.80. The predicted octanol–water partition coefficient (Wildman–Crippen LogP) is 6.74. The average Bonchev–Trinajstić information content (AvgIpc) is 2.31. The lowest BCUT2D eigenvalue weighted by molar-refractivity contribution is -0.150. The van der Waals surface area contributed by atoms with Gasteiger partial charge in [-0.25, -0.2) is 0 Å². The first kappa shape index (κ1) is 26.4. The van der Waals surface area contributed by atoms with E-state index in [1.54, 1.807) is 0 Å². The first-order valence-corrected chi connectivity index (χ1v) is 10.8. The van der Waals surface area contributed by atoms with E-state index in [1.807, 2.05) is 13.8 Å². The van der Waals surface area contributed by atoms with Crippen molar-refractivity contribution in [2.75, 3.05) is 0 Å². The van der Waals surface area contributed by atoms with Gasteiger partial charge in [0.05, 0.1) is 11.2 Å². The molecule has 0 aliphatic rings. The summed E-state index contributed by atoms with van der Waals surface area (Å²) in [4.78, 5) is 12.9. The minimum atomic E-state index is -0.360. The number of hydrogen-bond donors (Lipinski definition) is 1. The van der Waals surface area contributed by atoms with E-state index < -0.39 is 0 Å². The number of carbonyl (C=O) groups excluding carboxylic acids is 1. The molecular weight excluding hydrogens is 334 g/mol. The largest absolute Gasteiger partial charge is 0.370 e. The van der Waals surface area contributed by atoms with Crippen LogP contribution in [0.1, 0.15) is 116 Å². The van der Waals surface area contributed by atoms with Crippen molar-refractivity contribution in [3.05, 3.63) is 0 Å². The molecule has 162 valence electrons. The van der Waals surface area contributed by atoms with E-state index >= 15 is 0 Å². The molecule has 0 unspecified atom stereocenters. The summed E-state index contributed by atoms with van der Waals surface area (Å²) in [6, 6.07) is 0. The number of ether oxygens (including phenoxy) is 1. The smallest absolute Gasteiger partial charge is 0.226 e. The standard InChI is InChI=1S/C24H49NO2/c1-14-20(4,5)16-23(10,11)27-24(12,13)17-22(8,9)25-19(26)21(6,7)15-18(2)3/h18H,14-17H2,1-13H3,(H,25,26). The van der Waals surface area contributed by atoms with Crippen LogP contribution in [0.2, 0.25) is 0 Å². The Hall–Kier alpha value is -0.570. The first-order chi connectivity index (χ1) is 11.7. The van der Waals surface area contributed by atoms with Crippen LogP contribution in [0.3, 0.4) is 0 Å². The topological polar surface area (TPSA) is 38.3 Å². The van der Waals surface area contributed by atoms with Crippen molar-refractivity contribution in [2.45, 2.75) is 132 Å². The van der Waals surface area contributed by atoms with Crippen molar-refractivity contribution in [1.82, 2.24) is 5.32 Å². The highest BCUT2D eigenvalue weighted by Crippen LogP contribution is 2.37. The van der Waals surface area contributed by atoms with E-state index in [1.165, 1.54) is 0 Å². The maximum Gasteiger partial charge on any atom is 0.226 e. The Morgan fingerprint density at radius 2 is 1.30 bits per heavy atom. The van der Waals surface area contributed by atoms with Crippen molar-refractivity contribution in [2.24, 2.45) is 16.7 Å². The molecule has 3 nitrogen and oxygen atoms in total. The van der Waals surface area contributed by atoms with Gasteiger partial charge in [0.1, 0.15) is 0 Å². The third kappa shape index (κ3) is 10.5. The Labute approximate surface area is 170 Å². The van der Waals surface area contributed by atoms with Crippen LogP contribution in [0.25, 0.3) is 0 Å². The Bertz CT molecular complexity index is 485. The average molecular weight is 384 g/mol. The Morgan fingerprint density at radius 3 is 1.70 bits per heavy atom. The van der Waals surface area contributed by atoms with Gasteiger partial charge in [0.2, 0.25) is 5.91 Å². The first-order valence-electron chi connectivity index (χ1n) is 10.8. The number of hydrogen-bond acceptors (Lipinski definition) is 2. The third-order valence-electron chi connectivity index (χ3n) is 5.27. The van der Waals surface area contributed by atoms with Gasteiger partial charge in [-0.05, 0) is 72.1 Å². The van der Waals surface area contributed by atoms with E-state index in [-0.39, 0.29) is 33.5 Å². The Morgan fingerprint density at radius 1 is 0.852 bits per heavy atom. The predicted molar refractivity (Wildman–Crippen MR) is 118 cm³/mol. The van der Waals surface area contributed by atoms with Gasteiger partial charge in [-0.2, -0.15) is 0 Å². The molecule has 0 atom stereocenters. The van der Waals surface area contributed by atoms with Crippen LogP contribution < -0.4 is 5.32 Å². The van der Waals surface area contributed by atoms with Crippen molar-refractivity contribution in [3.63, 3.8) is 0 Å². The quantitative estimate of drug-likeness (QED) is 0.429. The van der Waals surface area contributed by atoms with Gasteiger partial charge in [-0.3, -0.25) is 4.79 Å². The number of carbonyl (C=O) groups is 1. The fourth-order valence-electron chi connectivity index (χ4n) is 4.80. The van der Waals surface area contributed by atoms with E-state index in [9.17, 15) is 4.79 Å². The van der Waals surface area contributed by atoms with Crippen LogP contribution in [0.4, 0.5) is 0 Å². The zero-order valence-corrected chi connectivity index (χ0v) is 20.7. The van der Waals surface area contributed by atoms with Crippen LogP contribution >= 0.6 is 0 Å². The van der Waals surface area contributed by atoms with E-state index in [2.05, 4.69) is 81.5 Å². The minimum Gasteiger partial charge on any atom is -0.370 e. The molecule has 0 heterocycles. The molecular formula is C24H49NO2. The van der Waals surface area contributed by atoms with Crippen molar-refractivity contribution >= 4 is 5.91 Å². The van der Waals surface area contributed by atoms with Crippen LogP contribution in [-0.4, -0.2) is 22.6 Å². The van der Waals surface area contributed by atoms with Gasteiger partial charge in [-0.15, -0.1) is 0 Å². The maximum absolute atomic E-state index is 12.9. The zero-order chi connectivity index (χ0) is 21.9. The summed E-state index contributed by atoms with van der Waals surface area (Å²) in [5.74, 6) is 0.625. The number of amides is 1. The molecule has 1 N–H and O–H groups in total. The molecule has 0 fully saturated rings. The molecule has 0 aromatic carbocycles. The molecule has 0 aromatic heterocycles. The molecule has 0 spiro atoms. The summed E-state index contributed by atoms with van der Waals surface area (Å²) in [5.41, 5.74) is -0.970. The van der Waals surface area contributed by atoms with Gasteiger partial charge in [0.15, 0.2) is 0 Å². The van der Waals surface area contributed by atoms with Crippen molar-refractivity contribution < 1.29 is 9.53 Å². The highest BCUT2D eigenvalue weighted by atomic mass is 16.5.